The zero-order chi connectivity index (χ0) is 16.8. The minimum Gasteiger partial charge on any atom is -0.497 e. The van der Waals surface area contributed by atoms with E-state index in [1.807, 2.05) is 17.0 Å². The Morgan fingerprint density at radius 3 is 2.88 bits per heavy atom. The Morgan fingerprint density at radius 1 is 1.33 bits per heavy atom. The second-order valence-corrected chi connectivity index (χ2v) is 6.74. The highest BCUT2D eigenvalue weighted by Gasteiger charge is 2.27. The van der Waals surface area contributed by atoms with Crippen molar-refractivity contribution in [3.8, 4) is 5.75 Å². The second kappa shape index (κ2) is 8.24. The number of rotatable bonds is 5. The van der Waals surface area contributed by atoms with Gasteiger partial charge in [-0.15, -0.1) is 0 Å². The Labute approximate surface area is 146 Å². The minimum atomic E-state index is 0.135. The van der Waals surface area contributed by atoms with Crippen molar-refractivity contribution in [2.75, 3.05) is 19.4 Å². The van der Waals surface area contributed by atoms with E-state index in [9.17, 15) is 4.79 Å². The molecule has 1 aromatic carbocycles. The monoisotopic (exact) mass is 346 g/mol. The van der Waals surface area contributed by atoms with Crippen LogP contribution in [0, 0.1) is 0 Å². The van der Waals surface area contributed by atoms with Crippen LogP contribution in [0.2, 0.25) is 0 Å². The van der Waals surface area contributed by atoms with E-state index < -0.39 is 0 Å². The van der Waals surface area contributed by atoms with Gasteiger partial charge in [0.2, 0.25) is 5.91 Å². The summed E-state index contributed by atoms with van der Waals surface area (Å²) < 4.78 is 10.4. The van der Waals surface area contributed by atoms with Gasteiger partial charge < -0.3 is 14.1 Å². The van der Waals surface area contributed by atoms with Gasteiger partial charge in [-0.3, -0.25) is 4.79 Å². The molecule has 0 radical (unpaired) electrons. The fourth-order valence-corrected chi connectivity index (χ4v) is 3.74. The highest BCUT2D eigenvalue weighted by Crippen LogP contribution is 2.32. The van der Waals surface area contributed by atoms with Crippen molar-refractivity contribution in [1.82, 2.24) is 9.88 Å². The van der Waals surface area contributed by atoms with Crippen LogP contribution >= 0.6 is 11.8 Å². The van der Waals surface area contributed by atoms with E-state index in [-0.39, 0.29) is 11.9 Å². The molecular weight excluding hydrogens is 324 g/mol. The molecule has 0 unspecified atom stereocenters. The smallest absolute Gasteiger partial charge is 0.256 e. The molecule has 128 valence electrons. The van der Waals surface area contributed by atoms with E-state index in [0.29, 0.717) is 11.0 Å². The van der Waals surface area contributed by atoms with Crippen LogP contribution in [0.25, 0.3) is 0 Å². The lowest BCUT2D eigenvalue weighted by Gasteiger charge is -2.30. The summed E-state index contributed by atoms with van der Waals surface area (Å²) in [7, 11) is 1.66. The first-order chi connectivity index (χ1) is 11.8. The second-order valence-electron chi connectivity index (χ2n) is 5.81. The molecule has 0 saturated carbocycles. The average molecular weight is 346 g/mol. The van der Waals surface area contributed by atoms with Crippen LogP contribution in [0.4, 0.5) is 0 Å². The number of aromatic nitrogens is 1. The molecule has 2 aromatic rings. The first kappa shape index (κ1) is 16.9. The first-order valence-corrected chi connectivity index (χ1v) is 9.22. The third-order valence-corrected chi connectivity index (χ3v) is 5.14. The van der Waals surface area contributed by atoms with Crippen LogP contribution in [-0.2, 0) is 4.79 Å². The number of hydrogen-bond donors (Lipinski definition) is 0. The lowest BCUT2D eigenvalue weighted by molar-refractivity contribution is -0.130. The summed E-state index contributed by atoms with van der Waals surface area (Å²) in [5.41, 5.74) is 1.17. The molecule has 5 nitrogen and oxygen atoms in total. The fourth-order valence-electron chi connectivity index (χ4n) is 3.07. The lowest BCUT2D eigenvalue weighted by atomic mass is 10.0. The topological polar surface area (TPSA) is 55.6 Å². The van der Waals surface area contributed by atoms with Crippen LogP contribution in [0.5, 0.6) is 5.75 Å². The van der Waals surface area contributed by atoms with Gasteiger partial charge in [0.25, 0.3) is 5.22 Å². The van der Waals surface area contributed by atoms with Crippen molar-refractivity contribution in [2.45, 2.75) is 36.9 Å². The lowest BCUT2D eigenvalue weighted by Crippen LogP contribution is -2.36. The molecule has 3 rings (SSSR count). The van der Waals surface area contributed by atoms with E-state index in [4.69, 9.17) is 9.15 Å². The molecule has 1 fully saturated rings. The SMILES string of the molecule is COc1ccc([C@H]2CCCCCN2C(=O)CSc2ncco2)cc1. The number of nitrogens with zero attached hydrogens (tertiary/aromatic N) is 2. The van der Waals surface area contributed by atoms with Gasteiger partial charge in [0.15, 0.2) is 0 Å². The number of carbonyl (C=O) groups excluding carboxylic acids is 1. The van der Waals surface area contributed by atoms with Crippen molar-refractivity contribution in [3.05, 3.63) is 42.3 Å². The molecule has 6 heteroatoms. The number of carbonyl (C=O) groups is 1. The van der Waals surface area contributed by atoms with Gasteiger partial charge in [0, 0.05) is 6.54 Å². The van der Waals surface area contributed by atoms with Crippen molar-refractivity contribution in [1.29, 1.82) is 0 Å². The van der Waals surface area contributed by atoms with E-state index >= 15 is 0 Å². The number of benzene rings is 1. The standard InChI is InChI=1S/C18H22N2O3S/c1-22-15-8-6-14(7-9-15)16-5-3-2-4-11-20(16)17(21)13-24-18-19-10-12-23-18/h6-10,12,16H,2-5,11,13H2,1H3/t16-/m1/s1. The maximum atomic E-state index is 12.8. The molecule has 0 bridgehead atoms. The zero-order valence-corrected chi connectivity index (χ0v) is 14.6. The van der Waals surface area contributed by atoms with Gasteiger partial charge in [-0.25, -0.2) is 4.98 Å². The number of likely N-dealkylation sites (tertiary alicyclic amines) is 1. The summed E-state index contributed by atoms with van der Waals surface area (Å²) in [6, 6.07) is 8.19. The van der Waals surface area contributed by atoms with Gasteiger partial charge in [0.1, 0.15) is 12.0 Å². The quantitative estimate of drug-likeness (QED) is 0.768. The fraction of sp³-hybridized carbons (Fsp3) is 0.444. The number of thioether (sulfide) groups is 1. The van der Waals surface area contributed by atoms with Crippen molar-refractivity contribution < 1.29 is 13.9 Å². The number of oxazole rings is 1. The third-order valence-electron chi connectivity index (χ3n) is 4.30. The summed E-state index contributed by atoms with van der Waals surface area (Å²) in [6.07, 6.45) is 7.50. The summed E-state index contributed by atoms with van der Waals surface area (Å²) in [5.74, 6) is 1.33. The van der Waals surface area contributed by atoms with Crippen LogP contribution in [-0.4, -0.2) is 35.2 Å². The van der Waals surface area contributed by atoms with Crippen LogP contribution in [0.1, 0.15) is 37.3 Å². The Hall–Kier alpha value is -1.95. The maximum absolute atomic E-state index is 12.8. The third kappa shape index (κ3) is 4.12. The molecule has 1 atom stereocenters. The molecular formula is C18H22N2O3S. The number of methoxy groups -OCH3 is 1. The van der Waals surface area contributed by atoms with Crippen molar-refractivity contribution in [2.24, 2.45) is 0 Å². The molecule has 0 spiro atoms. The van der Waals surface area contributed by atoms with E-state index in [1.54, 1.807) is 13.3 Å². The first-order valence-electron chi connectivity index (χ1n) is 8.23. The molecule has 0 N–H and O–H groups in total. The van der Waals surface area contributed by atoms with E-state index in [0.717, 1.165) is 31.6 Å². The predicted octanol–water partition coefficient (Wildman–Crippen LogP) is 3.92. The Morgan fingerprint density at radius 2 is 2.17 bits per heavy atom. The highest BCUT2D eigenvalue weighted by atomic mass is 32.2. The largest absolute Gasteiger partial charge is 0.497 e. The molecule has 1 aliphatic heterocycles. The van der Waals surface area contributed by atoms with Gasteiger partial charge in [-0.1, -0.05) is 36.7 Å². The molecule has 1 amide bonds. The Balaban J connectivity index is 1.72. The average Bonchev–Trinajstić information content (AvgIpc) is 3.02. The molecule has 2 heterocycles. The number of amides is 1. The minimum absolute atomic E-state index is 0.135. The normalized spacial score (nSPS) is 18.2. The molecule has 24 heavy (non-hydrogen) atoms. The Bertz CT molecular complexity index is 643. The summed E-state index contributed by atoms with van der Waals surface area (Å²) in [4.78, 5) is 18.8. The molecule has 1 aliphatic rings. The van der Waals surface area contributed by atoms with Crippen molar-refractivity contribution in [3.63, 3.8) is 0 Å². The number of ether oxygens (including phenoxy) is 1. The predicted molar refractivity (Wildman–Crippen MR) is 93.1 cm³/mol. The zero-order valence-electron chi connectivity index (χ0n) is 13.8. The molecule has 0 aliphatic carbocycles. The van der Waals surface area contributed by atoms with Gasteiger partial charge in [0.05, 0.1) is 25.1 Å². The van der Waals surface area contributed by atoms with Crippen LogP contribution < -0.4 is 4.74 Å². The van der Waals surface area contributed by atoms with Crippen LogP contribution in [0.15, 0.2) is 46.4 Å². The molecule has 1 aromatic heterocycles. The van der Waals surface area contributed by atoms with Gasteiger partial charge >= 0.3 is 0 Å². The summed E-state index contributed by atoms with van der Waals surface area (Å²) >= 11 is 1.35. The van der Waals surface area contributed by atoms with Crippen molar-refractivity contribution >= 4 is 17.7 Å². The Kier molecular flexibility index (Phi) is 5.80. The van der Waals surface area contributed by atoms with Gasteiger partial charge in [-0.05, 0) is 30.5 Å². The highest BCUT2D eigenvalue weighted by molar-refractivity contribution is 7.99. The summed E-state index contributed by atoms with van der Waals surface area (Å²) in [6.45, 7) is 0.807. The number of hydrogen-bond acceptors (Lipinski definition) is 5. The maximum Gasteiger partial charge on any atom is 0.256 e. The van der Waals surface area contributed by atoms with E-state index in [1.165, 1.54) is 30.0 Å². The molecule has 1 saturated heterocycles. The van der Waals surface area contributed by atoms with E-state index in [2.05, 4.69) is 17.1 Å². The summed E-state index contributed by atoms with van der Waals surface area (Å²) in [5, 5.41) is 0.541. The van der Waals surface area contributed by atoms with Gasteiger partial charge in [-0.2, -0.15) is 0 Å². The van der Waals surface area contributed by atoms with Crippen LogP contribution in [0.3, 0.4) is 0 Å².